The van der Waals surface area contributed by atoms with Crippen LogP contribution in [0.4, 0.5) is 4.39 Å². The lowest BCUT2D eigenvalue weighted by atomic mass is 10.0. The van der Waals surface area contributed by atoms with Crippen molar-refractivity contribution in [1.82, 2.24) is 30.5 Å². The SMILES string of the molecule is Fc1cccc(-c2cncc3[nH]c(-c4n[nH]c5cnc(C6=CCNCC6)cc45)cc23)c1. The molecule has 0 saturated heterocycles. The van der Waals surface area contributed by atoms with Crippen molar-refractivity contribution >= 4 is 27.4 Å². The number of halogens is 1. The molecule has 7 heteroatoms. The van der Waals surface area contributed by atoms with Gasteiger partial charge in [-0.2, -0.15) is 5.10 Å². The molecule has 5 heterocycles. The molecule has 1 aliphatic rings. The van der Waals surface area contributed by atoms with Gasteiger partial charge in [0.1, 0.15) is 11.5 Å². The second-order valence-electron chi connectivity index (χ2n) is 7.71. The van der Waals surface area contributed by atoms with E-state index in [9.17, 15) is 4.39 Å². The van der Waals surface area contributed by atoms with Gasteiger partial charge < -0.3 is 10.3 Å². The maximum absolute atomic E-state index is 13.8. The topological polar surface area (TPSA) is 82.3 Å². The molecule has 0 fully saturated rings. The number of nitrogens with zero attached hydrogens (tertiary/aromatic N) is 3. The number of nitrogens with one attached hydrogen (secondary N) is 3. The molecule has 0 saturated carbocycles. The summed E-state index contributed by atoms with van der Waals surface area (Å²) >= 11 is 0. The number of pyridine rings is 2. The predicted octanol–water partition coefficient (Wildman–Crippen LogP) is 4.68. The average Bonchev–Trinajstić information content (AvgIpc) is 3.43. The number of benzene rings is 1. The summed E-state index contributed by atoms with van der Waals surface area (Å²) in [5.74, 6) is -0.268. The zero-order chi connectivity index (χ0) is 20.8. The summed E-state index contributed by atoms with van der Waals surface area (Å²) in [7, 11) is 0. The molecule has 0 unspecified atom stereocenters. The summed E-state index contributed by atoms with van der Waals surface area (Å²) in [6, 6.07) is 10.7. The van der Waals surface area contributed by atoms with E-state index in [0.29, 0.717) is 0 Å². The highest BCUT2D eigenvalue weighted by Gasteiger charge is 2.16. The van der Waals surface area contributed by atoms with Gasteiger partial charge in [0, 0.05) is 29.1 Å². The molecule has 0 bridgehead atoms. The smallest absolute Gasteiger partial charge is 0.123 e. The second-order valence-corrected chi connectivity index (χ2v) is 7.71. The Balaban J connectivity index is 1.49. The third-order valence-corrected chi connectivity index (χ3v) is 5.78. The fourth-order valence-electron chi connectivity index (χ4n) is 4.22. The largest absolute Gasteiger partial charge is 0.352 e. The van der Waals surface area contributed by atoms with E-state index in [1.807, 2.05) is 12.3 Å². The van der Waals surface area contributed by atoms with E-state index in [2.05, 4.69) is 48.7 Å². The molecule has 4 aromatic heterocycles. The minimum absolute atomic E-state index is 0.268. The Hall–Kier alpha value is -3.84. The standard InChI is InChI=1S/C24H19FN6/c25-16-3-1-2-15(8-16)19-11-27-12-22-17(19)9-21(29-22)24-18-10-20(14-4-6-26-7-5-14)28-13-23(18)30-31-24/h1-4,8-13,26,29H,5-7H2,(H,30,31). The van der Waals surface area contributed by atoms with Gasteiger partial charge >= 0.3 is 0 Å². The van der Waals surface area contributed by atoms with Crippen molar-refractivity contribution in [1.29, 1.82) is 0 Å². The third-order valence-electron chi connectivity index (χ3n) is 5.78. The van der Waals surface area contributed by atoms with Crippen molar-refractivity contribution in [3.8, 4) is 22.5 Å². The van der Waals surface area contributed by atoms with Crippen LogP contribution < -0.4 is 5.32 Å². The number of hydrogen-bond acceptors (Lipinski definition) is 4. The van der Waals surface area contributed by atoms with Crippen LogP contribution in [0, 0.1) is 5.82 Å². The molecule has 0 atom stereocenters. The van der Waals surface area contributed by atoms with Crippen LogP contribution in [0.15, 0.2) is 61.1 Å². The van der Waals surface area contributed by atoms with Crippen LogP contribution in [0.1, 0.15) is 12.1 Å². The summed E-state index contributed by atoms with van der Waals surface area (Å²) in [4.78, 5) is 12.4. The minimum Gasteiger partial charge on any atom is -0.352 e. The molecular formula is C24H19FN6. The molecule has 0 radical (unpaired) electrons. The van der Waals surface area contributed by atoms with Gasteiger partial charge in [-0.3, -0.25) is 15.1 Å². The predicted molar refractivity (Wildman–Crippen MR) is 120 cm³/mol. The van der Waals surface area contributed by atoms with E-state index < -0.39 is 0 Å². The van der Waals surface area contributed by atoms with Crippen molar-refractivity contribution in [2.45, 2.75) is 6.42 Å². The van der Waals surface area contributed by atoms with E-state index in [4.69, 9.17) is 0 Å². The van der Waals surface area contributed by atoms with Gasteiger partial charge in [-0.25, -0.2) is 4.39 Å². The Kier molecular flexibility index (Phi) is 4.14. The summed E-state index contributed by atoms with van der Waals surface area (Å²) in [5.41, 5.74) is 7.37. The van der Waals surface area contributed by atoms with Gasteiger partial charge in [-0.15, -0.1) is 0 Å². The van der Waals surface area contributed by atoms with Gasteiger partial charge in [0.15, 0.2) is 0 Å². The van der Waals surface area contributed by atoms with Gasteiger partial charge in [0.2, 0.25) is 0 Å². The Morgan fingerprint density at radius 2 is 1.94 bits per heavy atom. The van der Waals surface area contributed by atoms with Gasteiger partial charge in [0.05, 0.1) is 34.8 Å². The summed E-state index contributed by atoms with van der Waals surface area (Å²) < 4.78 is 13.8. The highest BCUT2D eigenvalue weighted by Crippen LogP contribution is 2.34. The van der Waals surface area contributed by atoms with Crippen LogP contribution in [-0.2, 0) is 0 Å². The quantitative estimate of drug-likeness (QED) is 0.403. The molecule has 1 aromatic carbocycles. The van der Waals surface area contributed by atoms with Gasteiger partial charge in [-0.05, 0) is 48.4 Å². The van der Waals surface area contributed by atoms with Crippen LogP contribution >= 0.6 is 0 Å². The fraction of sp³-hybridized carbons (Fsp3) is 0.125. The second kappa shape index (κ2) is 7.14. The molecule has 3 N–H and O–H groups in total. The lowest BCUT2D eigenvalue weighted by Crippen LogP contribution is -2.20. The Morgan fingerprint density at radius 1 is 0.968 bits per heavy atom. The minimum atomic E-state index is -0.268. The average molecular weight is 410 g/mol. The Bertz CT molecular complexity index is 1460. The zero-order valence-electron chi connectivity index (χ0n) is 16.6. The molecule has 0 spiro atoms. The summed E-state index contributed by atoms with van der Waals surface area (Å²) in [6.45, 7) is 1.83. The van der Waals surface area contributed by atoms with Crippen LogP contribution in [0.3, 0.4) is 0 Å². The molecule has 5 aromatic rings. The first kappa shape index (κ1) is 18.0. The van der Waals surface area contributed by atoms with Crippen LogP contribution in [0.25, 0.3) is 49.9 Å². The molecule has 0 amide bonds. The van der Waals surface area contributed by atoms with E-state index in [0.717, 1.165) is 69.5 Å². The van der Waals surface area contributed by atoms with Gasteiger partial charge in [0.25, 0.3) is 0 Å². The number of fused-ring (bicyclic) bond motifs is 2. The van der Waals surface area contributed by atoms with E-state index in [1.54, 1.807) is 18.5 Å². The van der Waals surface area contributed by atoms with Crippen molar-refractivity contribution in [2.24, 2.45) is 0 Å². The number of aromatic nitrogens is 5. The molecule has 6 nitrogen and oxygen atoms in total. The highest BCUT2D eigenvalue weighted by atomic mass is 19.1. The van der Waals surface area contributed by atoms with Crippen molar-refractivity contribution in [3.63, 3.8) is 0 Å². The van der Waals surface area contributed by atoms with Crippen LogP contribution in [0.2, 0.25) is 0 Å². The third kappa shape index (κ3) is 3.10. The highest BCUT2D eigenvalue weighted by molar-refractivity contribution is 6.00. The zero-order valence-corrected chi connectivity index (χ0v) is 16.6. The van der Waals surface area contributed by atoms with Crippen LogP contribution in [0.5, 0.6) is 0 Å². The van der Waals surface area contributed by atoms with E-state index >= 15 is 0 Å². The molecule has 6 rings (SSSR count). The molecule has 152 valence electrons. The number of aromatic amines is 2. The first-order chi connectivity index (χ1) is 15.3. The number of hydrogen-bond donors (Lipinski definition) is 3. The first-order valence-electron chi connectivity index (χ1n) is 10.2. The van der Waals surface area contributed by atoms with Gasteiger partial charge in [-0.1, -0.05) is 18.2 Å². The van der Waals surface area contributed by atoms with Crippen molar-refractivity contribution in [3.05, 3.63) is 72.6 Å². The monoisotopic (exact) mass is 410 g/mol. The Morgan fingerprint density at radius 3 is 2.81 bits per heavy atom. The summed E-state index contributed by atoms with van der Waals surface area (Å²) in [6.07, 6.45) is 8.54. The van der Waals surface area contributed by atoms with E-state index in [1.165, 1.54) is 17.7 Å². The maximum atomic E-state index is 13.8. The number of H-pyrrole nitrogens is 2. The number of rotatable bonds is 3. The van der Waals surface area contributed by atoms with Crippen molar-refractivity contribution in [2.75, 3.05) is 13.1 Å². The van der Waals surface area contributed by atoms with Crippen LogP contribution in [-0.4, -0.2) is 38.2 Å². The molecule has 0 aliphatic carbocycles. The molecule has 31 heavy (non-hydrogen) atoms. The summed E-state index contributed by atoms with van der Waals surface area (Å²) in [5, 5.41) is 13.0. The maximum Gasteiger partial charge on any atom is 0.123 e. The lowest BCUT2D eigenvalue weighted by molar-refractivity contribution is 0.628. The molecule has 1 aliphatic heterocycles. The Labute approximate surface area is 177 Å². The first-order valence-corrected chi connectivity index (χ1v) is 10.2. The fourth-order valence-corrected chi connectivity index (χ4v) is 4.22. The van der Waals surface area contributed by atoms with E-state index in [-0.39, 0.29) is 5.82 Å². The normalized spacial score (nSPS) is 14.3. The lowest BCUT2D eigenvalue weighted by Gasteiger charge is -2.13. The van der Waals surface area contributed by atoms with Crippen molar-refractivity contribution < 1.29 is 4.39 Å². The molecular weight excluding hydrogens is 391 g/mol.